The summed E-state index contributed by atoms with van der Waals surface area (Å²) in [6, 6.07) is 17.7. The van der Waals surface area contributed by atoms with Crippen molar-refractivity contribution in [1.29, 1.82) is 0 Å². The van der Waals surface area contributed by atoms with Crippen molar-refractivity contribution >= 4 is 11.4 Å². The molecule has 0 aliphatic carbocycles. The Morgan fingerprint density at radius 3 is 1.93 bits per heavy atom. The summed E-state index contributed by atoms with van der Waals surface area (Å²) in [6.45, 7) is 0. The lowest BCUT2D eigenvalue weighted by atomic mass is 9.98. The number of nitrogens with zero attached hydrogens (tertiary/aromatic N) is 2. The summed E-state index contributed by atoms with van der Waals surface area (Å²) in [7, 11) is 0. The van der Waals surface area contributed by atoms with Gasteiger partial charge in [-0.05, 0) is 11.1 Å². The molecule has 0 amide bonds. The van der Waals surface area contributed by atoms with Crippen LogP contribution in [0.5, 0.6) is 0 Å². The molecule has 1 aliphatic rings. The van der Waals surface area contributed by atoms with Gasteiger partial charge in [-0.3, -0.25) is 5.01 Å². The summed E-state index contributed by atoms with van der Waals surface area (Å²) in [5.41, 5.74) is 1.26. The first kappa shape index (κ1) is 17.3. The second kappa shape index (κ2) is 6.87. The zero-order valence-electron chi connectivity index (χ0n) is 14.0. The molecule has 0 fully saturated rings. The lowest BCUT2D eigenvalue weighted by Gasteiger charge is -2.25. The minimum atomic E-state index is -1.46. The quantitative estimate of drug-likeness (QED) is 0.433. The summed E-state index contributed by atoms with van der Waals surface area (Å²) >= 11 is 0. The van der Waals surface area contributed by atoms with Gasteiger partial charge >= 0.3 is 0 Å². The molecule has 0 spiro atoms. The first-order valence-corrected chi connectivity index (χ1v) is 8.36. The molecule has 27 heavy (non-hydrogen) atoms. The van der Waals surface area contributed by atoms with E-state index < -0.39 is 35.0 Å². The van der Waals surface area contributed by atoms with Crippen molar-refractivity contribution in [3.63, 3.8) is 0 Å². The molecule has 6 heteroatoms. The maximum Gasteiger partial charge on any atom is 0.187 e. The van der Waals surface area contributed by atoms with Crippen molar-refractivity contribution in [2.75, 3.05) is 5.01 Å². The molecule has 0 saturated heterocycles. The van der Waals surface area contributed by atoms with E-state index in [0.717, 1.165) is 16.1 Å². The van der Waals surface area contributed by atoms with Crippen LogP contribution >= 0.6 is 0 Å². The second-order valence-electron chi connectivity index (χ2n) is 6.20. The van der Waals surface area contributed by atoms with E-state index >= 15 is 0 Å². The van der Waals surface area contributed by atoms with Gasteiger partial charge in [-0.25, -0.2) is 17.6 Å². The Labute approximate surface area is 153 Å². The van der Waals surface area contributed by atoms with Crippen LogP contribution in [0.2, 0.25) is 0 Å². The van der Waals surface area contributed by atoms with Gasteiger partial charge in [0.15, 0.2) is 23.3 Å². The fraction of sp³-hybridized carbons (Fsp3) is 0.0952. The number of anilines is 1. The van der Waals surface area contributed by atoms with Gasteiger partial charge < -0.3 is 0 Å². The Hall–Kier alpha value is -3.15. The van der Waals surface area contributed by atoms with Gasteiger partial charge in [-0.15, -0.1) is 0 Å². The number of hydrazone groups is 1. The topological polar surface area (TPSA) is 15.6 Å². The van der Waals surface area contributed by atoms with Crippen LogP contribution in [-0.4, -0.2) is 5.71 Å². The molecule has 0 bridgehead atoms. The number of benzene rings is 3. The van der Waals surface area contributed by atoms with Crippen LogP contribution in [0.15, 0.2) is 71.8 Å². The van der Waals surface area contributed by atoms with Crippen LogP contribution < -0.4 is 5.01 Å². The average Bonchev–Trinajstić information content (AvgIpc) is 3.13. The van der Waals surface area contributed by atoms with E-state index in [-0.39, 0.29) is 6.07 Å². The van der Waals surface area contributed by atoms with Crippen LogP contribution in [-0.2, 0) is 0 Å². The predicted octanol–water partition coefficient (Wildman–Crippen LogP) is 5.60. The Morgan fingerprint density at radius 1 is 0.778 bits per heavy atom. The van der Waals surface area contributed by atoms with E-state index in [0.29, 0.717) is 12.1 Å². The number of hydrogen-bond donors (Lipinski definition) is 0. The van der Waals surface area contributed by atoms with Gasteiger partial charge in [-0.2, -0.15) is 5.10 Å². The van der Waals surface area contributed by atoms with Crippen LogP contribution in [0.4, 0.5) is 23.2 Å². The Morgan fingerprint density at radius 2 is 1.33 bits per heavy atom. The molecule has 4 rings (SSSR count). The maximum absolute atomic E-state index is 14.4. The van der Waals surface area contributed by atoms with Crippen molar-refractivity contribution in [3.05, 3.63) is 101 Å². The molecule has 0 unspecified atom stereocenters. The molecule has 0 saturated carbocycles. The molecule has 1 atom stereocenters. The molecule has 1 heterocycles. The summed E-state index contributed by atoms with van der Waals surface area (Å²) < 4.78 is 56.4. The Kier molecular flexibility index (Phi) is 4.39. The first-order chi connectivity index (χ1) is 13.1. The standard InChI is InChI=1S/C21H14F4N2/c22-15-11-16(23)20(25)21(19(15)24)27-18(14-9-5-2-6-10-14)12-17(26-27)13-7-3-1-4-8-13/h1-11,18H,12H2/t18-/m1/s1. The zero-order valence-corrected chi connectivity index (χ0v) is 14.0. The van der Waals surface area contributed by atoms with E-state index in [1.54, 1.807) is 24.3 Å². The third kappa shape index (κ3) is 3.07. The van der Waals surface area contributed by atoms with Gasteiger partial charge in [0.2, 0.25) is 0 Å². The van der Waals surface area contributed by atoms with Crippen molar-refractivity contribution in [2.24, 2.45) is 5.10 Å². The summed E-state index contributed by atoms with van der Waals surface area (Å²) in [5, 5.41) is 5.36. The molecule has 0 radical (unpaired) electrons. The highest BCUT2D eigenvalue weighted by Gasteiger charge is 2.35. The van der Waals surface area contributed by atoms with Crippen molar-refractivity contribution < 1.29 is 17.6 Å². The lowest BCUT2D eigenvalue weighted by molar-refractivity contribution is 0.448. The molecule has 1 aliphatic heterocycles. The summed E-state index contributed by atoms with van der Waals surface area (Å²) in [5.74, 6) is -5.85. The average molecular weight is 370 g/mol. The Bertz CT molecular complexity index is 977. The normalized spacial score (nSPS) is 16.5. The SMILES string of the molecule is Fc1cc(F)c(F)c(N2N=C(c3ccccc3)C[C@@H]2c2ccccc2)c1F. The molecular formula is C21H14F4N2. The number of hydrogen-bond acceptors (Lipinski definition) is 2. The van der Waals surface area contributed by atoms with Crippen molar-refractivity contribution in [3.8, 4) is 0 Å². The second-order valence-corrected chi connectivity index (χ2v) is 6.20. The highest BCUT2D eigenvalue weighted by Crippen LogP contribution is 2.40. The summed E-state index contributed by atoms with van der Waals surface area (Å²) in [4.78, 5) is 0. The van der Waals surface area contributed by atoms with Gasteiger partial charge in [-0.1, -0.05) is 60.7 Å². The largest absolute Gasteiger partial charge is 0.251 e. The molecule has 3 aromatic rings. The minimum absolute atomic E-state index is 0.198. The van der Waals surface area contributed by atoms with Gasteiger partial charge in [0.25, 0.3) is 0 Å². The van der Waals surface area contributed by atoms with E-state index in [2.05, 4.69) is 5.10 Å². The number of rotatable bonds is 3. The highest BCUT2D eigenvalue weighted by atomic mass is 19.2. The monoisotopic (exact) mass is 370 g/mol. The molecule has 3 aromatic carbocycles. The maximum atomic E-state index is 14.4. The van der Waals surface area contributed by atoms with Crippen LogP contribution in [0, 0.1) is 23.3 Å². The van der Waals surface area contributed by atoms with E-state index in [9.17, 15) is 17.6 Å². The smallest absolute Gasteiger partial charge is 0.187 e. The predicted molar refractivity (Wildman–Crippen MR) is 95.5 cm³/mol. The van der Waals surface area contributed by atoms with E-state index in [1.807, 2.05) is 36.4 Å². The van der Waals surface area contributed by atoms with E-state index in [4.69, 9.17) is 0 Å². The van der Waals surface area contributed by atoms with Gasteiger partial charge in [0.1, 0.15) is 5.69 Å². The van der Waals surface area contributed by atoms with Crippen LogP contribution in [0.1, 0.15) is 23.6 Å². The van der Waals surface area contributed by atoms with Crippen LogP contribution in [0.25, 0.3) is 0 Å². The first-order valence-electron chi connectivity index (χ1n) is 8.36. The lowest BCUT2D eigenvalue weighted by Crippen LogP contribution is -2.22. The third-order valence-electron chi connectivity index (χ3n) is 4.52. The molecule has 0 N–H and O–H groups in total. The molecular weight excluding hydrogens is 356 g/mol. The molecule has 136 valence electrons. The molecule has 0 aromatic heterocycles. The summed E-state index contributed by atoms with van der Waals surface area (Å²) in [6.07, 6.45) is 0.338. The molecule has 2 nitrogen and oxygen atoms in total. The fourth-order valence-corrected chi connectivity index (χ4v) is 3.22. The van der Waals surface area contributed by atoms with Gasteiger partial charge in [0.05, 0.1) is 11.8 Å². The van der Waals surface area contributed by atoms with Crippen LogP contribution in [0.3, 0.4) is 0 Å². The Balaban J connectivity index is 1.88. The fourth-order valence-electron chi connectivity index (χ4n) is 3.22. The van der Waals surface area contributed by atoms with Crippen molar-refractivity contribution in [1.82, 2.24) is 0 Å². The van der Waals surface area contributed by atoms with Crippen molar-refractivity contribution in [2.45, 2.75) is 12.5 Å². The minimum Gasteiger partial charge on any atom is -0.251 e. The van der Waals surface area contributed by atoms with E-state index in [1.165, 1.54) is 0 Å². The third-order valence-corrected chi connectivity index (χ3v) is 4.52. The van der Waals surface area contributed by atoms with Gasteiger partial charge in [0, 0.05) is 12.5 Å². The number of halogens is 4. The zero-order chi connectivity index (χ0) is 19.0. The highest BCUT2D eigenvalue weighted by molar-refractivity contribution is 6.03.